The van der Waals surface area contributed by atoms with E-state index in [1.54, 1.807) is 0 Å². The molecule has 8 heavy (non-hydrogen) atoms. The Morgan fingerprint density at radius 3 is 3.00 bits per heavy atom. The van der Waals surface area contributed by atoms with Gasteiger partial charge in [-0.25, -0.2) is 0 Å². The number of unbranched alkanes of at least 4 members (excludes halogenated alkanes) is 1. The third kappa shape index (κ3) is 2.23. The molecule has 0 saturated carbocycles. The van der Waals surface area contributed by atoms with E-state index >= 15 is 0 Å². The summed E-state index contributed by atoms with van der Waals surface area (Å²) in [6, 6.07) is 2.14. The molecule has 1 aliphatic heterocycles. The zero-order chi connectivity index (χ0) is 5.82. The number of thioether (sulfide) groups is 1. The Bertz CT molecular complexity index is 102. The SMILES string of the molecule is N#CCCCC1CS1. The van der Waals surface area contributed by atoms with Gasteiger partial charge < -0.3 is 0 Å². The molecule has 0 aromatic carbocycles. The first kappa shape index (κ1) is 5.97. The topological polar surface area (TPSA) is 23.8 Å². The molecule has 1 unspecified atom stereocenters. The molecule has 1 saturated heterocycles. The Morgan fingerprint density at radius 2 is 2.50 bits per heavy atom. The van der Waals surface area contributed by atoms with Crippen molar-refractivity contribution < 1.29 is 0 Å². The third-order valence-electron chi connectivity index (χ3n) is 1.22. The van der Waals surface area contributed by atoms with Crippen molar-refractivity contribution in [1.29, 1.82) is 5.26 Å². The Labute approximate surface area is 54.1 Å². The fourth-order valence-corrected chi connectivity index (χ4v) is 1.28. The van der Waals surface area contributed by atoms with Gasteiger partial charge in [-0.1, -0.05) is 0 Å². The highest BCUT2D eigenvalue weighted by Gasteiger charge is 2.20. The first-order chi connectivity index (χ1) is 3.93. The van der Waals surface area contributed by atoms with Gasteiger partial charge in [0.2, 0.25) is 0 Å². The predicted molar refractivity (Wildman–Crippen MR) is 35.7 cm³/mol. The van der Waals surface area contributed by atoms with Crippen molar-refractivity contribution in [3.8, 4) is 6.07 Å². The summed E-state index contributed by atoms with van der Waals surface area (Å²) in [5.41, 5.74) is 0. The lowest BCUT2D eigenvalue weighted by Crippen LogP contribution is -1.80. The van der Waals surface area contributed by atoms with Gasteiger partial charge in [-0.3, -0.25) is 0 Å². The summed E-state index contributed by atoms with van der Waals surface area (Å²) in [6.07, 6.45) is 3.11. The largest absolute Gasteiger partial charge is 0.198 e. The van der Waals surface area contributed by atoms with Gasteiger partial charge >= 0.3 is 0 Å². The molecular formula is C6H9NS. The molecule has 0 amide bonds. The van der Waals surface area contributed by atoms with Gasteiger partial charge in [0.1, 0.15) is 0 Å². The van der Waals surface area contributed by atoms with Crippen LogP contribution in [0.1, 0.15) is 19.3 Å². The lowest BCUT2D eigenvalue weighted by molar-refractivity contribution is 0.781. The van der Waals surface area contributed by atoms with Crippen LogP contribution in [-0.4, -0.2) is 11.0 Å². The number of nitriles is 1. The molecule has 0 spiro atoms. The van der Waals surface area contributed by atoms with Crippen LogP contribution in [0.3, 0.4) is 0 Å². The van der Waals surface area contributed by atoms with E-state index in [1.165, 1.54) is 12.2 Å². The van der Waals surface area contributed by atoms with Crippen LogP contribution in [0.25, 0.3) is 0 Å². The summed E-state index contributed by atoms with van der Waals surface area (Å²) < 4.78 is 0. The van der Waals surface area contributed by atoms with E-state index in [0.717, 1.165) is 18.1 Å². The van der Waals surface area contributed by atoms with Crippen LogP contribution in [0.4, 0.5) is 0 Å². The highest BCUT2D eigenvalue weighted by molar-refractivity contribution is 8.06. The standard InChI is InChI=1S/C6H9NS/c7-4-2-1-3-6-5-8-6/h6H,1-3,5H2. The van der Waals surface area contributed by atoms with Gasteiger partial charge in [-0.05, 0) is 12.8 Å². The minimum atomic E-state index is 0.747. The maximum atomic E-state index is 8.14. The maximum absolute atomic E-state index is 8.14. The van der Waals surface area contributed by atoms with Crippen LogP contribution in [0.15, 0.2) is 0 Å². The second-order valence-electron chi connectivity index (χ2n) is 2.01. The minimum Gasteiger partial charge on any atom is -0.198 e. The van der Waals surface area contributed by atoms with Gasteiger partial charge in [0.15, 0.2) is 0 Å². The Balaban J connectivity index is 1.83. The molecule has 1 rings (SSSR count). The van der Waals surface area contributed by atoms with Gasteiger partial charge in [-0.2, -0.15) is 17.0 Å². The van der Waals surface area contributed by atoms with E-state index in [-0.39, 0.29) is 0 Å². The molecule has 1 aliphatic rings. The average Bonchev–Trinajstić information content (AvgIpc) is 2.51. The molecule has 0 aromatic rings. The van der Waals surface area contributed by atoms with E-state index in [1.807, 2.05) is 11.8 Å². The van der Waals surface area contributed by atoms with Crippen molar-refractivity contribution in [3.05, 3.63) is 0 Å². The second kappa shape index (κ2) is 2.99. The van der Waals surface area contributed by atoms with Crippen LogP contribution in [0, 0.1) is 11.3 Å². The predicted octanol–water partition coefficient (Wildman–Crippen LogP) is 1.80. The molecule has 0 bridgehead atoms. The number of nitrogens with zero attached hydrogens (tertiary/aromatic N) is 1. The van der Waals surface area contributed by atoms with E-state index in [2.05, 4.69) is 6.07 Å². The van der Waals surface area contributed by atoms with Crippen LogP contribution >= 0.6 is 11.8 Å². The van der Waals surface area contributed by atoms with Gasteiger partial charge in [0.05, 0.1) is 6.07 Å². The van der Waals surface area contributed by atoms with Gasteiger partial charge in [-0.15, -0.1) is 0 Å². The Kier molecular flexibility index (Phi) is 2.23. The number of rotatable bonds is 3. The third-order valence-corrected chi connectivity index (χ3v) is 2.26. The Morgan fingerprint density at radius 1 is 1.75 bits per heavy atom. The zero-order valence-electron chi connectivity index (χ0n) is 4.76. The van der Waals surface area contributed by atoms with Crippen molar-refractivity contribution in [2.75, 3.05) is 5.75 Å². The summed E-state index contributed by atoms with van der Waals surface area (Å²) in [7, 11) is 0. The van der Waals surface area contributed by atoms with E-state index in [9.17, 15) is 0 Å². The summed E-state index contributed by atoms with van der Waals surface area (Å²) in [5, 5.41) is 9.06. The van der Waals surface area contributed by atoms with Crippen LogP contribution in [0.2, 0.25) is 0 Å². The molecule has 0 radical (unpaired) electrons. The molecule has 1 heterocycles. The molecule has 1 atom stereocenters. The van der Waals surface area contributed by atoms with Crippen LogP contribution in [-0.2, 0) is 0 Å². The lowest BCUT2D eigenvalue weighted by atomic mass is 10.2. The minimum absolute atomic E-state index is 0.747. The molecule has 1 fully saturated rings. The maximum Gasteiger partial charge on any atom is 0.0621 e. The summed E-state index contributed by atoms with van der Waals surface area (Å²) >= 11 is 2.01. The normalized spacial score (nSPS) is 24.6. The monoisotopic (exact) mass is 127 g/mol. The average molecular weight is 127 g/mol. The number of hydrogen-bond acceptors (Lipinski definition) is 2. The fraction of sp³-hybridized carbons (Fsp3) is 0.833. The second-order valence-corrected chi connectivity index (χ2v) is 3.34. The lowest BCUT2D eigenvalue weighted by Gasteiger charge is -1.86. The molecule has 44 valence electrons. The quantitative estimate of drug-likeness (QED) is 0.426. The van der Waals surface area contributed by atoms with Gasteiger partial charge in [0.25, 0.3) is 0 Å². The first-order valence-electron chi connectivity index (χ1n) is 2.92. The summed E-state index contributed by atoms with van der Waals surface area (Å²) in [5.74, 6) is 1.34. The molecule has 2 heteroatoms. The highest BCUT2D eigenvalue weighted by atomic mass is 32.2. The first-order valence-corrected chi connectivity index (χ1v) is 3.97. The van der Waals surface area contributed by atoms with E-state index < -0.39 is 0 Å². The molecule has 0 aromatic heterocycles. The summed E-state index contributed by atoms with van der Waals surface area (Å²) in [4.78, 5) is 0. The van der Waals surface area contributed by atoms with Crippen molar-refractivity contribution in [2.45, 2.75) is 24.5 Å². The smallest absolute Gasteiger partial charge is 0.0621 e. The molecule has 1 nitrogen and oxygen atoms in total. The van der Waals surface area contributed by atoms with Crippen molar-refractivity contribution in [2.24, 2.45) is 0 Å². The van der Waals surface area contributed by atoms with Crippen LogP contribution in [0.5, 0.6) is 0 Å². The van der Waals surface area contributed by atoms with Crippen molar-refractivity contribution in [1.82, 2.24) is 0 Å². The molecular weight excluding hydrogens is 118 g/mol. The van der Waals surface area contributed by atoms with Crippen molar-refractivity contribution in [3.63, 3.8) is 0 Å². The fourth-order valence-electron chi connectivity index (χ4n) is 0.643. The van der Waals surface area contributed by atoms with Crippen LogP contribution < -0.4 is 0 Å². The van der Waals surface area contributed by atoms with E-state index in [4.69, 9.17) is 5.26 Å². The molecule has 0 N–H and O–H groups in total. The highest BCUT2D eigenvalue weighted by Crippen LogP contribution is 2.34. The van der Waals surface area contributed by atoms with Crippen molar-refractivity contribution >= 4 is 11.8 Å². The Hall–Kier alpha value is -0.160. The van der Waals surface area contributed by atoms with Gasteiger partial charge in [0, 0.05) is 17.4 Å². The summed E-state index contributed by atoms with van der Waals surface area (Å²) in [6.45, 7) is 0. The van der Waals surface area contributed by atoms with E-state index in [0.29, 0.717) is 0 Å². The number of hydrogen-bond donors (Lipinski definition) is 0. The molecule has 0 aliphatic carbocycles. The zero-order valence-corrected chi connectivity index (χ0v) is 5.58.